The number of unbranched alkanes of at least 4 members (excludes halogenated alkanes) is 2. The van der Waals surface area contributed by atoms with Crippen LogP contribution < -0.4 is 5.32 Å². The number of benzene rings is 1. The van der Waals surface area contributed by atoms with Crippen molar-refractivity contribution in [2.75, 3.05) is 25.1 Å². The average Bonchev–Trinajstić information content (AvgIpc) is 3.31. The lowest BCUT2D eigenvalue weighted by Gasteiger charge is -2.35. The van der Waals surface area contributed by atoms with Gasteiger partial charge in [0.05, 0.1) is 18.1 Å². The number of anilines is 1. The van der Waals surface area contributed by atoms with E-state index in [0.29, 0.717) is 31.5 Å². The first-order valence-corrected chi connectivity index (χ1v) is 12.8. The summed E-state index contributed by atoms with van der Waals surface area (Å²) in [6.07, 6.45) is 2.54. The lowest BCUT2D eigenvalue weighted by Crippen LogP contribution is -2.54. The average molecular weight is 487 g/mol. The zero-order valence-electron chi connectivity index (χ0n) is 21.4. The Hall–Kier alpha value is -2.45. The number of ether oxygens (including phenoxy) is 2. The molecule has 3 aliphatic rings. The molecule has 0 aliphatic carbocycles. The zero-order valence-corrected chi connectivity index (χ0v) is 21.4. The number of carbonyl (C=O) groups is 3. The van der Waals surface area contributed by atoms with Gasteiger partial charge in [0.25, 0.3) is 0 Å². The van der Waals surface area contributed by atoms with Crippen molar-refractivity contribution in [2.45, 2.75) is 77.5 Å². The molecule has 2 amide bonds. The van der Waals surface area contributed by atoms with Crippen LogP contribution in [0, 0.1) is 31.6 Å². The molecule has 3 saturated heterocycles. The summed E-state index contributed by atoms with van der Waals surface area (Å²) in [5.74, 6) is -2.47. The van der Waals surface area contributed by atoms with Crippen molar-refractivity contribution >= 4 is 23.5 Å². The molecular weight excluding hydrogens is 448 g/mol. The van der Waals surface area contributed by atoms with Crippen LogP contribution in [0.15, 0.2) is 18.2 Å². The molecule has 2 bridgehead atoms. The highest BCUT2D eigenvalue weighted by molar-refractivity contribution is 6.03. The van der Waals surface area contributed by atoms with Crippen molar-refractivity contribution in [3.63, 3.8) is 0 Å². The molecule has 2 N–H and O–H groups in total. The van der Waals surface area contributed by atoms with Crippen LogP contribution in [0.2, 0.25) is 0 Å². The number of fused-ring (bicyclic) bond motifs is 1. The fourth-order valence-corrected chi connectivity index (χ4v) is 6.51. The Morgan fingerprint density at radius 2 is 2.00 bits per heavy atom. The molecule has 192 valence electrons. The van der Waals surface area contributed by atoms with Crippen LogP contribution in [0.25, 0.3) is 0 Å². The van der Waals surface area contributed by atoms with Crippen LogP contribution in [0.1, 0.15) is 57.6 Å². The fourth-order valence-electron chi connectivity index (χ4n) is 6.51. The van der Waals surface area contributed by atoms with E-state index < -0.39 is 35.0 Å². The van der Waals surface area contributed by atoms with Crippen LogP contribution in [0.3, 0.4) is 0 Å². The second kappa shape index (κ2) is 9.54. The Balaban J connectivity index is 1.73. The number of hydrogen-bond acceptors (Lipinski definition) is 6. The number of esters is 1. The number of aryl methyl sites for hydroxylation is 2. The number of nitrogens with one attached hydrogen (secondary N) is 1. The van der Waals surface area contributed by atoms with Gasteiger partial charge < -0.3 is 24.8 Å². The van der Waals surface area contributed by atoms with Crippen molar-refractivity contribution in [2.24, 2.45) is 17.8 Å². The minimum atomic E-state index is -1.08. The normalized spacial score (nSPS) is 33.2. The molecule has 8 heteroatoms. The standard InChI is InChI=1S/C27H38N2O6/c1-6-34-25(33)21-20-24(32)29(12-8-7-9-13-30)22(27(20)15-18(4)26(21,5)35-27)23(31)28-19-14-16(2)10-11-17(19)3/h10-11,14,18,20-22,30H,6-9,12-13,15H2,1-5H3,(H,28,31)/t18?,20-,21+,22?,26-,27?/m0/s1. The van der Waals surface area contributed by atoms with E-state index >= 15 is 0 Å². The highest BCUT2D eigenvalue weighted by Crippen LogP contribution is 2.65. The van der Waals surface area contributed by atoms with E-state index in [2.05, 4.69) is 5.32 Å². The first-order valence-electron chi connectivity index (χ1n) is 12.8. The van der Waals surface area contributed by atoms with Crippen molar-refractivity contribution in [3.8, 4) is 0 Å². The topological polar surface area (TPSA) is 105 Å². The summed E-state index contributed by atoms with van der Waals surface area (Å²) in [7, 11) is 0. The molecular formula is C27H38N2O6. The Bertz CT molecular complexity index is 1010. The van der Waals surface area contributed by atoms with Crippen LogP contribution in [-0.4, -0.2) is 64.8 Å². The van der Waals surface area contributed by atoms with E-state index in [1.54, 1.807) is 11.8 Å². The summed E-state index contributed by atoms with van der Waals surface area (Å²) >= 11 is 0. The lowest BCUT2D eigenvalue weighted by atomic mass is 9.62. The third-order valence-electron chi connectivity index (χ3n) is 8.31. The Morgan fingerprint density at radius 1 is 1.26 bits per heavy atom. The summed E-state index contributed by atoms with van der Waals surface area (Å²) in [6, 6.07) is 5.01. The maximum absolute atomic E-state index is 13.9. The minimum absolute atomic E-state index is 0.0219. The van der Waals surface area contributed by atoms with E-state index in [9.17, 15) is 14.4 Å². The molecule has 1 aromatic rings. The van der Waals surface area contributed by atoms with Gasteiger partial charge in [-0.15, -0.1) is 0 Å². The van der Waals surface area contributed by atoms with Crippen LogP contribution in [0.4, 0.5) is 5.69 Å². The number of amides is 2. The van der Waals surface area contributed by atoms with Gasteiger partial charge in [0.2, 0.25) is 11.8 Å². The summed E-state index contributed by atoms with van der Waals surface area (Å²) < 4.78 is 12.0. The third-order valence-corrected chi connectivity index (χ3v) is 8.31. The first kappa shape index (κ1) is 25.6. The molecule has 0 aromatic heterocycles. The minimum Gasteiger partial charge on any atom is -0.466 e. The quantitative estimate of drug-likeness (QED) is 0.411. The lowest BCUT2D eigenvalue weighted by molar-refractivity contribution is -0.160. The van der Waals surface area contributed by atoms with Gasteiger partial charge in [-0.1, -0.05) is 19.1 Å². The van der Waals surface area contributed by atoms with Crippen molar-refractivity contribution in [1.29, 1.82) is 0 Å². The molecule has 8 nitrogen and oxygen atoms in total. The second-order valence-electron chi connectivity index (χ2n) is 10.6. The molecule has 1 spiro atoms. The van der Waals surface area contributed by atoms with Gasteiger partial charge in [0.15, 0.2) is 0 Å². The molecule has 3 heterocycles. The number of likely N-dealkylation sites (tertiary alicyclic amines) is 1. The highest BCUT2D eigenvalue weighted by Gasteiger charge is 2.80. The molecule has 35 heavy (non-hydrogen) atoms. The van der Waals surface area contributed by atoms with Gasteiger partial charge in [-0.05, 0) is 76.5 Å². The summed E-state index contributed by atoms with van der Waals surface area (Å²) in [5.41, 5.74) is 0.704. The first-order chi connectivity index (χ1) is 16.6. The van der Waals surface area contributed by atoms with E-state index in [1.807, 2.05) is 45.9 Å². The van der Waals surface area contributed by atoms with Crippen molar-refractivity contribution in [3.05, 3.63) is 29.3 Å². The number of carbonyl (C=O) groups excluding carboxylic acids is 3. The highest BCUT2D eigenvalue weighted by atomic mass is 16.6. The predicted molar refractivity (Wildman–Crippen MR) is 131 cm³/mol. The number of nitrogens with zero attached hydrogens (tertiary/aromatic N) is 1. The summed E-state index contributed by atoms with van der Waals surface area (Å²) in [6.45, 7) is 10.2. The maximum atomic E-state index is 13.9. The molecule has 3 aliphatic heterocycles. The van der Waals surface area contributed by atoms with Gasteiger partial charge in [-0.25, -0.2) is 0 Å². The van der Waals surface area contributed by atoms with Crippen LogP contribution in [0.5, 0.6) is 0 Å². The Labute approximate surface area is 207 Å². The van der Waals surface area contributed by atoms with Crippen LogP contribution in [-0.2, 0) is 23.9 Å². The molecule has 0 radical (unpaired) electrons. The molecule has 4 rings (SSSR count). The molecule has 3 unspecified atom stereocenters. The predicted octanol–water partition coefficient (Wildman–Crippen LogP) is 2.98. The molecule has 6 atom stereocenters. The van der Waals surface area contributed by atoms with E-state index in [1.165, 1.54) is 0 Å². The summed E-state index contributed by atoms with van der Waals surface area (Å²) in [4.78, 5) is 42.6. The van der Waals surface area contributed by atoms with E-state index in [-0.39, 0.29) is 30.9 Å². The molecule has 0 saturated carbocycles. The van der Waals surface area contributed by atoms with Gasteiger partial charge in [0.1, 0.15) is 17.6 Å². The number of aliphatic hydroxyl groups is 1. The fraction of sp³-hybridized carbons (Fsp3) is 0.667. The second-order valence-corrected chi connectivity index (χ2v) is 10.6. The van der Waals surface area contributed by atoms with Crippen molar-refractivity contribution < 1.29 is 29.0 Å². The zero-order chi connectivity index (χ0) is 25.5. The SMILES string of the molecule is CCOC(=O)[C@H]1[C@H]2C(=O)N(CCCCCO)C(C(=O)Nc3cc(C)ccc3C)C23CC(C)[C@]1(C)O3. The van der Waals surface area contributed by atoms with Gasteiger partial charge in [0, 0.05) is 18.8 Å². The van der Waals surface area contributed by atoms with Gasteiger partial charge in [-0.3, -0.25) is 14.4 Å². The van der Waals surface area contributed by atoms with E-state index in [0.717, 1.165) is 17.5 Å². The third kappa shape index (κ3) is 4.04. The number of hydrogen-bond donors (Lipinski definition) is 2. The molecule has 1 aromatic carbocycles. The Morgan fingerprint density at radius 3 is 2.69 bits per heavy atom. The Kier molecular flexibility index (Phi) is 6.99. The molecule has 3 fully saturated rings. The number of rotatable bonds is 9. The van der Waals surface area contributed by atoms with Gasteiger partial charge >= 0.3 is 5.97 Å². The largest absolute Gasteiger partial charge is 0.466 e. The van der Waals surface area contributed by atoms with Crippen molar-refractivity contribution in [1.82, 2.24) is 4.90 Å². The van der Waals surface area contributed by atoms with Gasteiger partial charge in [-0.2, -0.15) is 0 Å². The maximum Gasteiger partial charge on any atom is 0.312 e. The van der Waals surface area contributed by atoms with E-state index in [4.69, 9.17) is 14.6 Å². The number of aliphatic hydroxyl groups excluding tert-OH is 1. The summed E-state index contributed by atoms with van der Waals surface area (Å²) in [5, 5.41) is 12.2. The van der Waals surface area contributed by atoms with Crippen LogP contribution >= 0.6 is 0 Å². The monoisotopic (exact) mass is 486 g/mol. The smallest absolute Gasteiger partial charge is 0.312 e.